The van der Waals surface area contributed by atoms with E-state index < -0.39 is 0 Å². The average molecular weight is 325 g/mol. The monoisotopic (exact) mass is 325 g/mol. The summed E-state index contributed by atoms with van der Waals surface area (Å²) in [5.74, 6) is 0.392. The van der Waals surface area contributed by atoms with Gasteiger partial charge in [0.2, 0.25) is 0 Å². The first-order valence-corrected chi connectivity index (χ1v) is 8.32. The minimum atomic E-state index is -0.181. The van der Waals surface area contributed by atoms with Crippen molar-refractivity contribution in [2.24, 2.45) is 5.92 Å². The summed E-state index contributed by atoms with van der Waals surface area (Å²) in [6, 6.07) is 11.3. The SMILES string of the molecule is Cc1cnccc1NC(=O)N(Cc1ccccc1)C(CO)C1CC1. The van der Waals surface area contributed by atoms with Crippen molar-refractivity contribution < 1.29 is 9.90 Å². The molecule has 1 aromatic heterocycles. The van der Waals surface area contributed by atoms with Crippen molar-refractivity contribution in [1.29, 1.82) is 0 Å². The van der Waals surface area contributed by atoms with Gasteiger partial charge in [0.25, 0.3) is 0 Å². The van der Waals surface area contributed by atoms with Gasteiger partial charge in [-0.05, 0) is 42.9 Å². The number of hydrogen-bond acceptors (Lipinski definition) is 3. The summed E-state index contributed by atoms with van der Waals surface area (Å²) in [4.78, 5) is 18.7. The molecular weight excluding hydrogens is 302 g/mol. The zero-order valence-electron chi connectivity index (χ0n) is 13.9. The first-order valence-electron chi connectivity index (χ1n) is 8.32. The summed E-state index contributed by atoms with van der Waals surface area (Å²) in [6.45, 7) is 2.38. The number of hydrogen-bond donors (Lipinski definition) is 2. The van der Waals surface area contributed by atoms with E-state index in [-0.39, 0.29) is 18.7 Å². The summed E-state index contributed by atoms with van der Waals surface area (Å²) < 4.78 is 0. The van der Waals surface area contributed by atoms with Gasteiger partial charge in [-0.25, -0.2) is 4.79 Å². The summed E-state index contributed by atoms with van der Waals surface area (Å²) in [5.41, 5.74) is 2.72. The number of carbonyl (C=O) groups excluding carboxylic acids is 1. The zero-order valence-corrected chi connectivity index (χ0v) is 13.9. The lowest BCUT2D eigenvalue weighted by Crippen LogP contribution is -2.45. The fourth-order valence-corrected chi connectivity index (χ4v) is 2.90. The molecule has 126 valence electrons. The number of rotatable bonds is 6. The van der Waals surface area contributed by atoms with E-state index in [1.54, 1.807) is 23.4 Å². The number of aromatic nitrogens is 1. The van der Waals surface area contributed by atoms with Gasteiger partial charge in [-0.3, -0.25) is 4.98 Å². The van der Waals surface area contributed by atoms with Gasteiger partial charge >= 0.3 is 6.03 Å². The van der Waals surface area contributed by atoms with Crippen LogP contribution in [-0.2, 0) is 6.54 Å². The maximum atomic E-state index is 12.9. The quantitative estimate of drug-likeness (QED) is 0.857. The normalized spacial score (nSPS) is 14.9. The molecule has 5 heteroatoms. The molecule has 0 aliphatic heterocycles. The highest BCUT2D eigenvalue weighted by molar-refractivity contribution is 5.90. The Labute approximate surface area is 142 Å². The van der Waals surface area contributed by atoms with Gasteiger partial charge < -0.3 is 15.3 Å². The van der Waals surface area contributed by atoms with Crippen molar-refractivity contribution >= 4 is 11.7 Å². The van der Waals surface area contributed by atoms with Gasteiger partial charge in [-0.1, -0.05) is 30.3 Å². The van der Waals surface area contributed by atoms with Crippen LogP contribution in [0.2, 0.25) is 0 Å². The summed E-state index contributed by atoms with van der Waals surface area (Å²) >= 11 is 0. The molecule has 1 aromatic carbocycles. The molecular formula is C19H23N3O2. The predicted octanol–water partition coefficient (Wildman–Crippen LogP) is 3.20. The molecule has 1 heterocycles. The summed E-state index contributed by atoms with van der Waals surface area (Å²) in [7, 11) is 0. The Balaban J connectivity index is 1.80. The molecule has 1 aliphatic rings. The Morgan fingerprint density at radius 1 is 1.33 bits per heavy atom. The molecule has 0 radical (unpaired) electrons. The molecule has 1 saturated carbocycles. The van der Waals surface area contributed by atoms with Gasteiger partial charge in [-0.15, -0.1) is 0 Å². The van der Waals surface area contributed by atoms with Gasteiger partial charge in [-0.2, -0.15) is 0 Å². The number of pyridine rings is 1. The Hall–Kier alpha value is -2.40. The Bertz CT molecular complexity index is 686. The van der Waals surface area contributed by atoms with Crippen LogP contribution in [0.1, 0.15) is 24.0 Å². The highest BCUT2D eigenvalue weighted by atomic mass is 16.3. The second-order valence-corrected chi connectivity index (χ2v) is 6.32. The Morgan fingerprint density at radius 2 is 2.08 bits per heavy atom. The fraction of sp³-hybridized carbons (Fsp3) is 0.368. The third-order valence-electron chi connectivity index (χ3n) is 4.47. The molecule has 2 aromatic rings. The number of aliphatic hydroxyl groups is 1. The van der Waals surface area contributed by atoms with Crippen LogP contribution in [0.15, 0.2) is 48.8 Å². The minimum Gasteiger partial charge on any atom is -0.394 e. The second-order valence-electron chi connectivity index (χ2n) is 6.32. The molecule has 2 N–H and O–H groups in total. The third kappa shape index (κ3) is 3.92. The van der Waals surface area contributed by atoms with Crippen LogP contribution in [-0.4, -0.2) is 33.7 Å². The van der Waals surface area contributed by atoms with E-state index >= 15 is 0 Å². The van der Waals surface area contributed by atoms with Gasteiger partial charge in [0.1, 0.15) is 0 Å². The Morgan fingerprint density at radius 3 is 2.71 bits per heavy atom. The van der Waals surface area contributed by atoms with Crippen LogP contribution in [0.4, 0.5) is 10.5 Å². The van der Waals surface area contributed by atoms with Crippen LogP contribution >= 0.6 is 0 Å². The minimum absolute atomic E-state index is 0.0136. The third-order valence-corrected chi connectivity index (χ3v) is 4.47. The largest absolute Gasteiger partial charge is 0.394 e. The van der Waals surface area contributed by atoms with Crippen LogP contribution < -0.4 is 5.32 Å². The molecule has 5 nitrogen and oxygen atoms in total. The van der Waals surface area contributed by atoms with Gasteiger partial charge in [0.15, 0.2) is 0 Å². The summed E-state index contributed by atoms with van der Waals surface area (Å²) in [6.07, 6.45) is 5.52. The average Bonchev–Trinajstić information content (AvgIpc) is 3.42. The first-order chi connectivity index (χ1) is 11.7. The van der Waals surface area contributed by atoms with E-state index in [9.17, 15) is 9.90 Å². The number of nitrogens with zero attached hydrogens (tertiary/aromatic N) is 2. The van der Waals surface area contributed by atoms with Crippen molar-refractivity contribution in [3.05, 3.63) is 59.9 Å². The number of nitrogens with one attached hydrogen (secondary N) is 1. The molecule has 1 unspecified atom stereocenters. The zero-order chi connectivity index (χ0) is 16.9. The number of aryl methyl sites for hydroxylation is 1. The highest BCUT2D eigenvalue weighted by Gasteiger charge is 2.37. The van der Waals surface area contributed by atoms with Gasteiger partial charge in [0, 0.05) is 24.6 Å². The van der Waals surface area contributed by atoms with Gasteiger partial charge in [0.05, 0.1) is 12.6 Å². The summed E-state index contributed by atoms with van der Waals surface area (Å²) in [5, 5.41) is 12.8. The van der Waals surface area contributed by atoms with Crippen LogP contribution in [0.25, 0.3) is 0 Å². The van der Waals surface area contributed by atoms with E-state index in [2.05, 4.69) is 10.3 Å². The standard InChI is InChI=1S/C19H23N3O2/c1-14-11-20-10-9-17(14)21-19(24)22(18(13-23)16-7-8-16)12-15-5-3-2-4-6-15/h2-6,9-11,16,18,23H,7-8,12-13H2,1H3,(H,20,21,24). The smallest absolute Gasteiger partial charge is 0.322 e. The topological polar surface area (TPSA) is 65.5 Å². The van der Waals surface area contributed by atoms with Crippen LogP contribution in [0.5, 0.6) is 0 Å². The number of benzene rings is 1. The molecule has 3 rings (SSSR count). The van der Waals surface area contributed by atoms with E-state index in [4.69, 9.17) is 0 Å². The maximum Gasteiger partial charge on any atom is 0.322 e. The van der Waals surface area contributed by atoms with Crippen molar-refractivity contribution in [3.63, 3.8) is 0 Å². The van der Waals surface area contributed by atoms with Crippen molar-refractivity contribution in [3.8, 4) is 0 Å². The van der Waals surface area contributed by atoms with Crippen LogP contribution in [0.3, 0.4) is 0 Å². The molecule has 1 atom stereocenters. The lowest BCUT2D eigenvalue weighted by molar-refractivity contribution is 0.124. The molecule has 24 heavy (non-hydrogen) atoms. The number of amides is 2. The van der Waals surface area contributed by atoms with Crippen molar-refractivity contribution in [2.75, 3.05) is 11.9 Å². The molecule has 1 fully saturated rings. The first kappa shape index (κ1) is 16.5. The number of urea groups is 1. The number of aliphatic hydroxyl groups excluding tert-OH is 1. The van der Waals surface area contributed by atoms with E-state index in [1.807, 2.05) is 37.3 Å². The molecule has 0 bridgehead atoms. The van der Waals surface area contributed by atoms with E-state index in [1.165, 1.54) is 0 Å². The van der Waals surface area contributed by atoms with Crippen molar-refractivity contribution in [1.82, 2.24) is 9.88 Å². The fourth-order valence-electron chi connectivity index (χ4n) is 2.90. The molecule has 0 saturated heterocycles. The molecule has 2 amide bonds. The maximum absolute atomic E-state index is 12.9. The highest BCUT2D eigenvalue weighted by Crippen LogP contribution is 2.36. The van der Waals surface area contributed by atoms with Crippen LogP contribution in [0, 0.1) is 12.8 Å². The number of anilines is 1. The predicted molar refractivity (Wildman–Crippen MR) is 93.6 cm³/mol. The lowest BCUT2D eigenvalue weighted by Gasteiger charge is -2.31. The van der Waals surface area contributed by atoms with E-state index in [0.717, 1.165) is 29.7 Å². The van der Waals surface area contributed by atoms with Crippen molar-refractivity contribution in [2.45, 2.75) is 32.4 Å². The lowest BCUT2D eigenvalue weighted by atomic mass is 10.1. The van der Waals surface area contributed by atoms with E-state index in [0.29, 0.717) is 12.5 Å². The molecule has 1 aliphatic carbocycles. The Kier molecular flexibility index (Phi) is 5.11. The molecule has 0 spiro atoms. The second kappa shape index (κ2) is 7.45. The number of carbonyl (C=O) groups is 1.